The smallest absolute Gasteiger partial charge is 0.265 e. The van der Waals surface area contributed by atoms with Crippen LogP contribution in [0.5, 0.6) is 11.5 Å². The lowest BCUT2D eigenvalue weighted by atomic mass is 10.3. The molecule has 10 heteroatoms. The summed E-state index contributed by atoms with van der Waals surface area (Å²) in [6, 6.07) is 14.3. The number of aryl methyl sites for hydroxylation is 2. The number of rotatable bonds is 8. The molecule has 0 bridgehead atoms. The second kappa shape index (κ2) is 9.65. The molecule has 3 aromatic rings. The van der Waals surface area contributed by atoms with Crippen molar-refractivity contribution in [3.05, 3.63) is 66.1 Å². The summed E-state index contributed by atoms with van der Waals surface area (Å²) in [6.45, 7) is 5.05. The minimum absolute atomic E-state index is 0.0325. The fraction of sp³-hybridized carbons (Fsp3) is 0.227. The molecule has 0 aliphatic heterocycles. The maximum atomic E-state index is 12.6. The highest BCUT2D eigenvalue weighted by Gasteiger charge is 2.18. The zero-order valence-electron chi connectivity index (χ0n) is 18.1. The van der Waals surface area contributed by atoms with E-state index < -0.39 is 16.1 Å². The van der Waals surface area contributed by atoms with Gasteiger partial charge in [0.05, 0.1) is 12.0 Å². The van der Waals surface area contributed by atoms with E-state index in [2.05, 4.69) is 20.0 Å². The van der Waals surface area contributed by atoms with Gasteiger partial charge in [0.1, 0.15) is 23.1 Å². The number of hydrogen-bond donors (Lipinski definition) is 2. The third kappa shape index (κ3) is 5.94. The second-order valence-electron chi connectivity index (χ2n) is 7.00. The number of nitrogens with one attached hydrogen (secondary N) is 2. The molecule has 0 spiro atoms. The summed E-state index contributed by atoms with van der Waals surface area (Å²) in [4.78, 5) is 20.7. The molecule has 1 heterocycles. The predicted octanol–water partition coefficient (Wildman–Crippen LogP) is 3.31. The maximum absolute atomic E-state index is 12.6. The van der Waals surface area contributed by atoms with Crippen LogP contribution in [0.2, 0.25) is 0 Å². The van der Waals surface area contributed by atoms with Crippen LogP contribution in [0.3, 0.4) is 0 Å². The average Bonchev–Trinajstić information content (AvgIpc) is 2.73. The Morgan fingerprint density at radius 2 is 1.69 bits per heavy atom. The Morgan fingerprint density at radius 3 is 2.34 bits per heavy atom. The van der Waals surface area contributed by atoms with Crippen molar-refractivity contribution in [1.29, 1.82) is 0 Å². The molecule has 0 aliphatic carbocycles. The van der Waals surface area contributed by atoms with Crippen LogP contribution in [-0.4, -0.2) is 37.5 Å². The number of carbonyl (C=O) groups is 1. The van der Waals surface area contributed by atoms with Gasteiger partial charge in [-0.15, -0.1) is 0 Å². The first kappa shape index (κ1) is 23.0. The van der Waals surface area contributed by atoms with Crippen molar-refractivity contribution in [3.8, 4) is 11.5 Å². The average molecular weight is 457 g/mol. The van der Waals surface area contributed by atoms with Crippen molar-refractivity contribution in [1.82, 2.24) is 9.97 Å². The van der Waals surface area contributed by atoms with Crippen molar-refractivity contribution >= 4 is 27.4 Å². The first-order chi connectivity index (χ1) is 15.2. The highest BCUT2D eigenvalue weighted by atomic mass is 32.2. The van der Waals surface area contributed by atoms with E-state index in [1.165, 1.54) is 24.3 Å². The number of ether oxygens (including phenoxy) is 2. The van der Waals surface area contributed by atoms with Crippen LogP contribution in [0.1, 0.15) is 18.4 Å². The molecular formula is C22H24N4O5S. The Kier molecular flexibility index (Phi) is 6.94. The van der Waals surface area contributed by atoms with E-state index in [-0.39, 0.29) is 16.6 Å². The standard InChI is InChI=1S/C22H24N4O5S/c1-14-12-21(24-16(3)23-14)26-32(28,29)20-10-8-17(9-11-20)25-22(27)15(2)31-19-7-5-6-18(13-19)30-4/h5-13,15H,1-4H3,(H,25,27)(H,23,24,26). The first-order valence-corrected chi connectivity index (χ1v) is 11.2. The number of nitrogens with zero attached hydrogens (tertiary/aromatic N) is 2. The zero-order valence-corrected chi connectivity index (χ0v) is 18.9. The Bertz CT molecular complexity index is 1190. The number of benzene rings is 2. The molecule has 32 heavy (non-hydrogen) atoms. The number of hydrogen-bond acceptors (Lipinski definition) is 7. The van der Waals surface area contributed by atoms with Crippen LogP contribution < -0.4 is 19.5 Å². The van der Waals surface area contributed by atoms with Crippen LogP contribution in [0.15, 0.2) is 59.5 Å². The van der Waals surface area contributed by atoms with Crippen molar-refractivity contribution in [2.24, 2.45) is 0 Å². The van der Waals surface area contributed by atoms with Gasteiger partial charge in [0.25, 0.3) is 15.9 Å². The summed E-state index contributed by atoms with van der Waals surface area (Å²) < 4.78 is 38.5. The monoisotopic (exact) mass is 456 g/mol. The molecule has 1 aromatic heterocycles. The lowest BCUT2D eigenvalue weighted by molar-refractivity contribution is -0.122. The normalized spacial score (nSPS) is 12.0. The molecule has 2 N–H and O–H groups in total. The lowest BCUT2D eigenvalue weighted by Crippen LogP contribution is -2.30. The molecule has 0 saturated heterocycles. The molecule has 0 fully saturated rings. The Morgan fingerprint density at radius 1 is 1.00 bits per heavy atom. The van der Waals surface area contributed by atoms with E-state index in [0.29, 0.717) is 28.7 Å². The molecule has 1 atom stereocenters. The quantitative estimate of drug-likeness (QED) is 0.534. The topological polar surface area (TPSA) is 120 Å². The van der Waals surface area contributed by atoms with Gasteiger partial charge < -0.3 is 14.8 Å². The molecular weight excluding hydrogens is 432 g/mol. The van der Waals surface area contributed by atoms with Gasteiger partial charge in [-0.2, -0.15) is 0 Å². The SMILES string of the molecule is COc1cccc(OC(C)C(=O)Nc2ccc(S(=O)(=O)Nc3cc(C)nc(C)n3)cc2)c1. The van der Waals surface area contributed by atoms with E-state index >= 15 is 0 Å². The largest absolute Gasteiger partial charge is 0.497 e. The van der Waals surface area contributed by atoms with Gasteiger partial charge in [-0.05, 0) is 57.2 Å². The van der Waals surface area contributed by atoms with Crippen molar-refractivity contribution in [2.45, 2.75) is 31.8 Å². The molecule has 168 valence electrons. The van der Waals surface area contributed by atoms with E-state index in [4.69, 9.17) is 9.47 Å². The van der Waals surface area contributed by atoms with Gasteiger partial charge >= 0.3 is 0 Å². The molecule has 0 radical (unpaired) electrons. The van der Waals surface area contributed by atoms with E-state index in [1.807, 2.05) is 0 Å². The van der Waals surface area contributed by atoms with Crippen molar-refractivity contribution < 1.29 is 22.7 Å². The molecule has 0 aliphatic rings. The molecule has 3 rings (SSSR count). The van der Waals surface area contributed by atoms with Gasteiger partial charge in [-0.25, -0.2) is 18.4 Å². The summed E-state index contributed by atoms with van der Waals surface area (Å²) in [7, 11) is -2.30. The Hall–Kier alpha value is -3.66. The fourth-order valence-corrected chi connectivity index (χ4v) is 3.85. The number of aromatic nitrogens is 2. The maximum Gasteiger partial charge on any atom is 0.265 e. The predicted molar refractivity (Wildman–Crippen MR) is 120 cm³/mol. The van der Waals surface area contributed by atoms with Gasteiger partial charge in [-0.3, -0.25) is 9.52 Å². The minimum atomic E-state index is -3.85. The zero-order chi connectivity index (χ0) is 23.3. The minimum Gasteiger partial charge on any atom is -0.497 e. The summed E-state index contributed by atoms with van der Waals surface area (Å²) in [5.74, 6) is 1.39. The first-order valence-electron chi connectivity index (χ1n) is 9.73. The number of anilines is 2. The van der Waals surface area contributed by atoms with Crippen LogP contribution in [-0.2, 0) is 14.8 Å². The van der Waals surface area contributed by atoms with Crippen LogP contribution in [0, 0.1) is 13.8 Å². The summed E-state index contributed by atoms with van der Waals surface area (Å²) >= 11 is 0. The number of amides is 1. The summed E-state index contributed by atoms with van der Waals surface area (Å²) in [6.07, 6.45) is -0.781. The molecule has 1 unspecified atom stereocenters. The Balaban J connectivity index is 1.64. The van der Waals surface area contributed by atoms with Gasteiger partial charge in [0.15, 0.2) is 6.10 Å². The molecule has 1 amide bonds. The van der Waals surface area contributed by atoms with Gasteiger partial charge in [0, 0.05) is 23.5 Å². The van der Waals surface area contributed by atoms with E-state index in [1.54, 1.807) is 58.2 Å². The molecule has 9 nitrogen and oxygen atoms in total. The van der Waals surface area contributed by atoms with E-state index in [9.17, 15) is 13.2 Å². The number of methoxy groups -OCH3 is 1. The second-order valence-corrected chi connectivity index (χ2v) is 8.68. The lowest BCUT2D eigenvalue weighted by Gasteiger charge is -2.15. The summed E-state index contributed by atoms with van der Waals surface area (Å²) in [5.41, 5.74) is 1.09. The van der Waals surface area contributed by atoms with Gasteiger partial charge in [0.2, 0.25) is 0 Å². The van der Waals surface area contributed by atoms with Gasteiger partial charge in [-0.1, -0.05) is 6.07 Å². The van der Waals surface area contributed by atoms with Crippen LogP contribution in [0.25, 0.3) is 0 Å². The molecule has 2 aromatic carbocycles. The number of sulfonamides is 1. The van der Waals surface area contributed by atoms with Crippen molar-refractivity contribution in [3.63, 3.8) is 0 Å². The van der Waals surface area contributed by atoms with Crippen molar-refractivity contribution in [2.75, 3.05) is 17.1 Å². The van der Waals surface area contributed by atoms with Crippen LogP contribution in [0.4, 0.5) is 11.5 Å². The number of carbonyl (C=O) groups excluding carboxylic acids is 1. The third-order valence-corrected chi connectivity index (χ3v) is 5.73. The highest BCUT2D eigenvalue weighted by molar-refractivity contribution is 7.92. The molecule has 0 saturated carbocycles. The summed E-state index contributed by atoms with van der Waals surface area (Å²) in [5, 5.41) is 2.70. The highest BCUT2D eigenvalue weighted by Crippen LogP contribution is 2.21. The Labute approximate surface area is 186 Å². The third-order valence-electron chi connectivity index (χ3n) is 4.36. The van der Waals surface area contributed by atoms with Crippen LogP contribution >= 0.6 is 0 Å². The van der Waals surface area contributed by atoms with E-state index in [0.717, 1.165) is 0 Å². The fourth-order valence-electron chi connectivity index (χ4n) is 2.86.